The van der Waals surface area contributed by atoms with Crippen molar-refractivity contribution in [2.75, 3.05) is 0 Å². The van der Waals surface area contributed by atoms with Crippen molar-refractivity contribution < 1.29 is 14.0 Å². The van der Waals surface area contributed by atoms with Gasteiger partial charge in [0, 0.05) is 24.1 Å². The summed E-state index contributed by atoms with van der Waals surface area (Å²) in [5.74, 6) is 0.0890. The maximum Gasteiger partial charge on any atom is 0.287 e. The molecule has 38 heavy (non-hydrogen) atoms. The molecule has 1 aliphatic carbocycles. The van der Waals surface area contributed by atoms with E-state index in [1.165, 1.54) is 5.56 Å². The zero-order chi connectivity index (χ0) is 26.5. The van der Waals surface area contributed by atoms with Gasteiger partial charge in [-0.1, -0.05) is 90.5 Å². The van der Waals surface area contributed by atoms with Crippen molar-refractivity contribution in [3.05, 3.63) is 130 Å². The molecule has 2 amide bonds. The normalized spacial score (nSPS) is 13.8. The Morgan fingerprint density at radius 2 is 1.50 bits per heavy atom. The number of carbonyl (C=O) groups excluding carboxylic acids is 2. The van der Waals surface area contributed by atoms with Gasteiger partial charge in [-0.25, -0.2) is 5.43 Å². The molecule has 0 spiro atoms. The smallest absolute Gasteiger partial charge is 0.287 e. The van der Waals surface area contributed by atoms with Gasteiger partial charge in [0.1, 0.15) is 5.76 Å². The number of carbonyl (C=O) groups is 2. The molecule has 0 atom stereocenters. The van der Waals surface area contributed by atoms with E-state index < -0.39 is 5.92 Å². The highest BCUT2D eigenvalue weighted by Gasteiger charge is 2.29. The molecule has 0 bridgehead atoms. The summed E-state index contributed by atoms with van der Waals surface area (Å²) in [6.45, 7) is 4.33. The van der Waals surface area contributed by atoms with Gasteiger partial charge in [0.25, 0.3) is 11.8 Å². The standard InChI is InChI=1S/C32H31N3O3/c1-21-16-18-23(19-17-21)20-33-32(37)30-22(2)28-26(14-9-15-27(28)38-30)34-35-31(36)29(24-10-5-3-6-11-24)25-12-7-4-8-13-25/h3-8,10-13,16-19,29H,9,14-15,20H2,1-2H3,(H,33,37)(H,35,36)/b34-26+. The molecule has 5 rings (SSSR count). The summed E-state index contributed by atoms with van der Waals surface area (Å²) in [7, 11) is 0. The maximum atomic E-state index is 13.4. The summed E-state index contributed by atoms with van der Waals surface area (Å²) in [4.78, 5) is 26.4. The first-order valence-electron chi connectivity index (χ1n) is 12.9. The summed E-state index contributed by atoms with van der Waals surface area (Å²) < 4.78 is 6.02. The third-order valence-electron chi connectivity index (χ3n) is 6.93. The zero-order valence-electron chi connectivity index (χ0n) is 21.7. The number of fused-ring (bicyclic) bond motifs is 1. The number of rotatable bonds is 7. The fourth-order valence-electron chi connectivity index (χ4n) is 4.94. The van der Waals surface area contributed by atoms with Crippen LogP contribution in [0.2, 0.25) is 0 Å². The maximum absolute atomic E-state index is 13.4. The van der Waals surface area contributed by atoms with Gasteiger partial charge in [-0.3, -0.25) is 9.59 Å². The third kappa shape index (κ3) is 5.44. The number of amides is 2. The average molecular weight is 506 g/mol. The second-order valence-corrected chi connectivity index (χ2v) is 9.67. The molecule has 6 nitrogen and oxygen atoms in total. The minimum Gasteiger partial charge on any atom is -0.455 e. The lowest BCUT2D eigenvalue weighted by Crippen LogP contribution is -2.28. The van der Waals surface area contributed by atoms with Gasteiger partial charge in [-0.15, -0.1) is 0 Å². The van der Waals surface area contributed by atoms with Gasteiger partial charge in [-0.05, 0) is 43.4 Å². The third-order valence-corrected chi connectivity index (χ3v) is 6.93. The van der Waals surface area contributed by atoms with Crippen LogP contribution >= 0.6 is 0 Å². The summed E-state index contributed by atoms with van der Waals surface area (Å²) in [6, 6.07) is 27.4. The molecular formula is C32H31N3O3. The number of nitrogens with one attached hydrogen (secondary N) is 2. The Morgan fingerprint density at radius 3 is 2.13 bits per heavy atom. The Kier molecular flexibility index (Phi) is 7.50. The molecule has 0 aliphatic heterocycles. The molecule has 2 N–H and O–H groups in total. The lowest BCUT2D eigenvalue weighted by atomic mass is 9.90. The highest BCUT2D eigenvalue weighted by Crippen LogP contribution is 2.30. The molecule has 1 aliphatic rings. The number of hydrogen-bond donors (Lipinski definition) is 2. The lowest BCUT2D eigenvalue weighted by Gasteiger charge is -2.18. The summed E-state index contributed by atoms with van der Waals surface area (Å²) in [6.07, 6.45) is 2.25. The van der Waals surface area contributed by atoms with Crippen molar-refractivity contribution in [2.24, 2.45) is 5.10 Å². The van der Waals surface area contributed by atoms with E-state index in [0.717, 1.165) is 52.1 Å². The Bertz CT molecular complexity index is 1420. The molecule has 0 saturated carbocycles. The minimum atomic E-state index is -0.488. The number of hydrogen-bond acceptors (Lipinski definition) is 4. The van der Waals surface area contributed by atoms with Crippen LogP contribution in [0.15, 0.2) is 94.4 Å². The van der Waals surface area contributed by atoms with E-state index in [4.69, 9.17) is 4.42 Å². The molecular weight excluding hydrogens is 474 g/mol. The second-order valence-electron chi connectivity index (χ2n) is 9.67. The van der Waals surface area contributed by atoms with E-state index in [1.807, 2.05) is 98.8 Å². The van der Waals surface area contributed by atoms with E-state index in [1.54, 1.807) is 0 Å². The van der Waals surface area contributed by atoms with Gasteiger partial charge in [0.15, 0.2) is 5.76 Å². The van der Waals surface area contributed by atoms with E-state index in [2.05, 4.69) is 15.8 Å². The molecule has 192 valence electrons. The fourth-order valence-corrected chi connectivity index (χ4v) is 4.94. The number of nitrogens with zero attached hydrogens (tertiary/aromatic N) is 1. The molecule has 0 fully saturated rings. The van der Waals surface area contributed by atoms with Crippen LogP contribution < -0.4 is 10.7 Å². The van der Waals surface area contributed by atoms with Crippen LogP contribution in [0.25, 0.3) is 0 Å². The highest BCUT2D eigenvalue weighted by atomic mass is 16.4. The first-order valence-corrected chi connectivity index (χ1v) is 12.9. The fraction of sp³-hybridized carbons (Fsp3) is 0.219. The number of aryl methyl sites for hydroxylation is 2. The largest absolute Gasteiger partial charge is 0.455 e. The molecule has 1 heterocycles. The van der Waals surface area contributed by atoms with Crippen LogP contribution in [0.4, 0.5) is 0 Å². The van der Waals surface area contributed by atoms with Gasteiger partial charge < -0.3 is 9.73 Å². The van der Waals surface area contributed by atoms with Gasteiger partial charge in [0.05, 0.1) is 11.6 Å². The summed E-state index contributed by atoms with van der Waals surface area (Å²) in [5, 5.41) is 7.52. The number of furan rings is 1. The van der Waals surface area contributed by atoms with Crippen LogP contribution in [0, 0.1) is 13.8 Å². The Hall–Kier alpha value is -4.45. The quantitative estimate of drug-likeness (QED) is 0.311. The number of hydrazone groups is 1. The molecule has 1 aromatic heterocycles. The average Bonchev–Trinajstić information content (AvgIpc) is 3.30. The van der Waals surface area contributed by atoms with Crippen LogP contribution in [0.5, 0.6) is 0 Å². The first-order chi connectivity index (χ1) is 18.5. The molecule has 3 aromatic carbocycles. The molecule has 0 radical (unpaired) electrons. The van der Waals surface area contributed by atoms with Gasteiger partial charge >= 0.3 is 0 Å². The Balaban J connectivity index is 1.36. The first kappa shape index (κ1) is 25.2. The molecule has 4 aromatic rings. The molecule has 0 unspecified atom stereocenters. The predicted octanol–water partition coefficient (Wildman–Crippen LogP) is 5.82. The second kappa shape index (κ2) is 11.3. The van der Waals surface area contributed by atoms with Crippen LogP contribution in [-0.4, -0.2) is 17.5 Å². The van der Waals surface area contributed by atoms with Crippen molar-refractivity contribution in [3.63, 3.8) is 0 Å². The van der Waals surface area contributed by atoms with Crippen LogP contribution in [0.1, 0.15) is 68.5 Å². The SMILES string of the molecule is Cc1ccc(CNC(=O)c2oc3c(c2C)/C(=N/NC(=O)C(c2ccccc2)c2ccccc2)CCC3)cc1. The van der Waals surface area contributed by atoms with Crippen molar-refractivity contribution in [3.8, 4) is 0 Å². The van der Waals surface area contributed by atoms with E-state index in [0.29, 0.717) is 18.7 Å². The zero-order valence-corrected chi connectivity index (χ0v) is 21.7. The van der Waals surface area contributed by atoms with E-state index in [-0.39, 0.29) is 11.8 Å². The summed E-state index contributed by atoms with van der Waals surface area (Å²) >= 11 is 0. The van der Waals surface area contributed by atoms with Crippen molar-refractivity contribution in [2.45, 2.75) is 45.6 Å². The van der Waals surface area contributed by atoms with Crippen LogP contribution in [0.3, 0.4) is 0 Å². The topological polar surface area (TPSA) is 83.7 Å². The van der Waals surface area contributed by atoms with Gasteiger partial charge in [0.2, 0.25) is 0 Å². The van der Waals surface area contributed by atoms with E-state index >= 15 is 0 Å². The summed E-state index contributed by atoms with van der Waals surface area (Å²) in [5.41, 5.74) is 9.11. The Morgan fingerprint density at radius 1 is 0.868 bits per heavy atom. The predicted molar refractivity (Wildman–Crippen MR) is 148 cm³/mol. The van der Waals surface area contributed by atoms with Crippen molar-refractivity contribution in [1.29, 1.82) is 0 Å². The monoisotopic (exact) mass is 505 g/mol. The number of benzene rings is 3. The molecule has 6 heteroatoms. The van der Waals surface area contributed by atoms with Crippen molar-refractivity contribution >= 4 is 17.5 Å². The van der Waals surface area contributed by atoms with E-state index in [9.17, 15) is 9.59 Å². The van der Waals surface area contributed by atoms with Gasteiger partial charge in [-0.2, -0.15) is 5.10 Å². The van der Waals surface area contributed by atoms with Crippen LogP contribution in [-0.2, 0) is 17.8 Å². The minimum absolute atomic E-state index is 0.209. The lowest BCUT2D eigenvalue weighted by molar-refractivity contribution is -0.121. The van der Waals surface area contributed by atoms with Crippen molar-refractivity contribution in [1.82, 2.24) is 10.7 Å². The Labute approximate surface area is 222 Å². The highest BCUT2D eigenvalue weighted by molar-refractivity contribution is 6.06. The molecule has 0 saturated heterocycles.